The third-order valence-electron chi connectivity index (χ3n) is 8.54. The Balaban J connectivity index is 1.31. The lowest BCUT2D eigenvalue weighted by molar-refractivity contribution is -0.119. The molecule has 0 amide bonds. The number of fused-ring (bicyclic) bond motifs is 1. The number of carbonyl (C=O) groups is 1. The molecule has 0 radical (unpaired) electrons. The van der Waals surface area contributed by atoms with E-state index < -0.39 is 5.95 Å². The zero-order valence-electron chi connectivity index (χ0n) is 25.0. The summed E-state index contributed by atoms with van der Waals surface area (Å²) in [4.78, 5) is 24.5. The van der Waals surface area contributed by atoms with Crippen LogP contribution in [0.5, 0.6) is 0 Å². The van der Waals surface area contributed by atoms with Crippen LogP contribution in [0.3, 0.4) is 0 Å². The van der Waals surface area contributed by atoms with Crippen molar-refractivity contribution in [2.24, 2.45) is 13.0 Å². The average Bonchev–Trinajstić information content (AvgIpc) is 3.65. The maximum absolute atomic E-state index is 14.1. The molecule has 0 bridgehead atoms. The first kappa shape index (κ1) is 28.8. The van der Waals surface area contributed by atoms with Crippen molar-refractivity contribution < 1.29 is 13.9 Å². The van der Waals surface area contributed by atoms with Gasteiger partial charge in [0.05, 0.1) is 29.4 Å². The molecule has 1 saturated heterocycles. The number of likely N-dealkylation sites (tertiary alicyclic amines) is 1. The van der Waals surface area contributed by atoms with Crippen molar-refractivity contribution in [2.75, 3.05) is 33.4 Å². The number of methoxy groups -OCH3 is 1. The molecule has 1 fully saturated rings. The van der Waals surface area contributed by atoms with Gasteiger partial charge in [-0.2, -0.15) is 14.6 Å². The Morgan fingerprint density at radius 2 is 1.88 bits per heavy atom. The molecule has 1 aromatic carbocycles. The molecule has 0 N–H and O–H groups in total. The fourth-order valence-electron chi connectivity index (χ4n) is 6.38. The summed E-state index contributed by atoms with van der Waals surface area (Å²) in [7, 11) is 3.57. The smallest absolute Gasteiger partial charge is 0.213 e. The van der Waals surface area contributed by atoms with E-state index in [-0.39, 0.29) is 24.0 Å². The molecular formula is C33H36FN7O2. The van der Waals surface area contributed by atoms with Crippen LogP contribution in [0, 0.1) is 25.7 Å². The second-order valence-corrected chi connectivity index (χ2v) is 11.4. The van der Waals surface area contributed by atoms with Crippen molar-refractivity contribution in [3.63, 3.8) is 0 Å². The van der Waals surface area contributed by atoms with Crippen molar-refractivity contribution in [3.05, 3.63) is 89.4 Å². The van der Waals surface area contributed by atoms with Crippen LogP contribution in [0.15, 0.2) is 60.9 Å². The van der Waals surface area contributed by atoms with E-state index in [9.17, 15) is 9.18 Å². The summed E-state index contributed by atoms with van der Waals surface area (Å²) in [6.45, 7) is 6.87. The lowest BCUT2D eigenvalue weighted by Gasteiger charge is -2.18. The number of hydrogen-bond donors (Lipinski definition) is 0. The Bertz CT molecular complexity index is 1760. The highest BCUT2D eigenvalue weighted by atomic mass is 19.1. The summed E-state index contributed by atoms with van der Waals surface area (Å²) in [6, 6.07) is 15.3. The van der Waals surface area contributed by atoms with Crippen molar-refractivity contribution in [2.45, 2.75) is 32.6 Å². The van der Waals surface area contributed by atoms with Gasteiger partial charge in [0.15, 0.2) is 5.65 Å². The topological polar surface area (TPSA) is 91.0 Å². The number of benzene rings is 1. The third-order valence-corrected chi connectivity index (χ3v) is 8.54. The maximum atomic E-state index is 14.1. The fourth-order valence-corrected chi connectivity index (χ4v) is 6.38. The van der Waals surface area contributed by atoms with Gasteiger partial charge in [-0.15, -0.1) is 0 Å². The minimum absolute atomic E-state index is 0.0366. The Kier molecular flexibility index (Phi) is 8.14. The molecule has 5 aromatic rings. The largest absolute Gasteiger partial charge is 0.383 e. The molecule has 0 aliphatic carbocycles. The monoisotopic (exact) mass is 581 g/mol. The first-order chi connectivity index (χ1) is 20.8. The molecule has 10 heteroatoms. The molecule has 1 aliphatic heterocycles. The number of ketones is 1. The number of Topliss-reactive ketones (excluding diaryl/α,β-unsaturated/α-hetero) is 1. The second-order valence-electron chi connectivity index (χ2n) is 11.4. The lowest BCUT2D eigenvalue weighted by atomic mass is 9.85. The predicted octanol–water partition coefficient (Wildman–Crippen LogP) is 4.84. The highest BCUT2D eigenvalue weighted by Gasteiger charge is 2.35. The van der Waals surface area contributed by atoms with E-state index in [4.69, 9.17) is 9.84 Å². The lowest BCUT2D eigenvalue weighted by Crippen LogP contribution is -2.25. The maximum Gasteiger partial charge on any atom is 0.213 e. The van der Waals surface area contributed by atoms with Crippen LogP contribution in [0.1, 0.15) is 34.9 Å². The molecule has 4 aromatic heterocycles. The van der Waals surface area contributed by atoms with Crippen LogP contribution in [0.2, 0.25) is 0 Å². The normalized spacial score (nSPS) is 17.2. The van der Waals surface area contributed by atoms with Gasteiger partial charge in [-0.25, -0.2) is 14.6 Å². The summed E-state index contributed by atoms with van der Waals surface area (Å²) < 4.78 is 23.0. The standard InChI is InChI=1S/C33H36FN7O2/c1-21-30(17-27(42)14-25-19-40(12-13-43-4)20-29(25)23-10-11-35-31(34)16-23)41(26-8-6-5-7-9-26)38-32(21)24-15-28-22(2)37-39(3)33(28)36-18-24/h5-11,15-16,18,25,29H,12-14,17,19-20H2,1-4H3/t25-,29+/m1/s1. The number of pyridine rings is 2. The van der Waals surface area contributed by atoms with Gasteiger partial charge >= 0.3 is 0 Å². The molecule has 0 saturated carbocycles. The number of carbonyl (C=O) groups excluding carboxylic acids is 1. The number of aromatic nitrogens is 6. The van der Waals surface area contributed by atoms with Crippen molar-refractivity contribution >= 4 is 16.8 Å². The van der Waals surface area contributed by atoms with Crippen molar-refractivity contribution in [1.29, 1.82) is 0 Å². The van der Waals surface area contributed by atoms with Gasteiger partial charge < -0.3 is 9.64 Å². The number of rotatable bonds is 10. The third kappa shape index (κ3) is 5.85. The quantitative estimate of drug-likeness (QED) is 0.218. The number of halogens is 1. The van der Waals surface area contributed by atoms with E-state index >= 15 is 0 Å². The van der Waals surface area contributed by atoms with Crippen LogP contribution in [0.25, 0.3) is 28.0 Å². The highest BCUT2D eigenvalue weighted by molar-refractivity contribution is 5.85. The van der Waals surface area contributed by atoms with Gasteiger partial charge in [-0.3, -0.25) is 9.48 Å². The Morgan fingerprint density at radius 1 is 1.07 bits per heavy atom. The molecule has 222 valence electrons. The van der Waals surface area contributed by atoms with Crippen LogP contribution in [-0.2, 0) is 23.0 Å². The number of aryl methyl sites for hydroxylation is 2. The van der Waals surface area contributed by atoms with Crippen molar-refractivity contribution in [1.82, 2.24) is 34.4 Å². The molecular weight excluding hydrogens is 545 g/mol. The summed E-state index contributed by atoms with van der Waals surface area (Å²) in [5.41, 5.74) is 6.97. The zero-order valence-corrected chi connectivity index (χ0v) is 25.0. The van der Waals surface area contributed by atoms with E-state index in [1.54, 1.807) is 11.8 Å². The second kappa shape index (κ2) is 12.1. The molecule has 0 unspecified atom stereocenters. The SMILES string of the molecule is COCCN1C[C@@H](CC(=O)Cc2c(C)c(-c3cnc4c(c3)c(C)nn4C)nn2-c2ccccc2)[C@H](c2ccnc(F)c2)C1. The fraction of sp³-hybridized carbons (Fsp3) is 0.364. The number of nitrogens with zero attached hydrogens (tertiary/aromatic N) is 7. The Morgan fingerprint density at radius 3 is 2.65 bits per heavy atom. The van der Waals surface area contributed by atoms with E-state index in [1.165, 1.54) is 12.3 Å². The Labute approximate surface area is 250 Å². The van der Waals surface area contributed by atoms with Gasteiger partial charge in [0.2, 0.25) is 5.95 Å². The minimum atomic E-state index is -0.498. The van der Waals surface area contributed by atoms with Crippen LogP contribution >= 0.6 is 0 Å². The molecule has 9 nitrogen and oxygen atoms in total. The highest BCUT2D eigenvalue weighted by Crippen LogP contribution is 2.36. The van der Waals surface area contributed by atoms with Crippen LogP contribution in [-0.4, -0.2) is 73.6 Å². The van der Waals surface area contributed by atoms with Gasteiger partial charge in [0.1, 0.15) is 5.78 Å². The molecule has 2 atom stereocenters. The molecule has 43 heavy (non-hydrogen) atoms. The van der Waals surface area contributed by atoms with E-state index in [0.29, 0.717) is 13.0 Å². The average molecular weight is 582 g/mol. The predicted molar refractivity (Wildman–Crippen MR) is 163 cm³/mol. The first-order valence-corrected chi connectivity index (χ1v) is 14.6. The van der Waals surface area contributed by atoms with Crippen LogP contribution < -0.4 is 0 Å². The molecule has 5 heterocycles. The number of para-hydroxylation sites is 1. The summed E-state index contributed by atoms with van der Waals surface area (Å²) in [5.74, 6) is -0.280. The summed E-state index contributed by atoms with van der Waals surface area (Å²) >= 11 is 0. The summed E-state index contributed by atoms with van der Waals surface area (Å²) in [6.07, 6.45) is 3.95. The van der Waals surface area contributed by atoms with E-state index in [0.717, 1.165) is 70.1 Å². The number of ether oxygens (including phenoxy) is 1. The first-order valence-electron chi connectivity index (χ1n) is 14.6. The van der Waals surface area contributed by atoms with E-state index in [2.05, 4.69) is 26.0 Å². The summed E-state index contributed by atoms with van der Waals surface area (Å²) in [5, 5.41) is 10.5. The van der Waals surface area contributed by atoms with Gasteiger partial charge in [0, 0.05) is 75.9 Å². The number of hydrogen-bond acceptors (Lipinski definition) is 7. The molecule has 0 spiro atoms. The van der Waals surface area contributed by atoms with Gasteiger partial charge in [0.25, 0.3) is 0 Å². The van der Waals surface area contributed by atoms with Crippen LogP contribution in [0.4, 0.5) is 4.39 Å². The Hall–Kier alpha value is -4.28. The van der Waals surface area contributed by atoms with Gasteiger partial charge in [-0.1, -0.05) is 18.2 Å². The zero-order chi connectivity index (χ0) is 30.1. The van der Waals surface area contributed by atoms with E-state index in [1.807, 2.05) is 68.2 Å². The van der Waals surface area contributed by atoms with Gasteiger partial charge in [-0.05, 0) is 61.2 Å². The molecule has 6 rings (SSSR count). The minimum Gasteiger partial charge on any atom is -0.383 e. The molecule has 1 aliphatic rings. The van der Waals surface area contributed by atoms with Crippen molar-refractivity contribution in [3.8, 4) is 16.9 Å².